The molecule has 0 unspecified atom stereocenters. The van der Waals surface area contributed by atoms with Crippen molar-refractivity contribution in [1.82, 2.24) is 4.90 Å². The summed E-state index contributed by atoms with van der Waals surface area (Å²) in [5, 5.41) is 4.96. The van der Waals surface area contributed by atoms with Crippen molar-refractivity contribution in [3.05, 3.63) is 28.8 Å². The molecule has 1 aromatic rings. The third kappa shape index (κ3) is 1.93. The molecule has 4 atom stereocenters. The lowest BCUT2D eigenvalue weighted by atomic mass is 9.76. The number of carbonyl (C=O) groups excluding carboxylic acids is 3. The second-order valence-electron chi connectivity index (χ2n) is 7.96. The Morgan fingerprint density at radius 3 is 2.62 bits per heavy atom. The first-order valence-electron chi connectivity index (χ1n) is 9.48. The highest BCUT2D eigenvalue weighted by atomic mass is 16.2. The number of nitrogens with zero attached hydrogens (tertiary/aromatic N) is 1. The number of amides is 3. The van der Waals surface area contributed by atoms with Crippen molar-refractivity contribution in [2.75, 3.05) is 11.9 Å². The summed E-state index contributed by atoms with van der Waals surface area (Å²) >= 11 is 0. The Morgan fingerprint density at radius 1 is 1.19 bits per heavy atom. The zero-order valence-electron chi connectivity index (χ0n) is 15.8. The summed E-state index contributed by atoms with van der Waals surface area (Å²) in [7, 11) is 0. The number of likely N-dealkylation sites (tertiary alicyclic amines) is 1. The van der Waals surface area contributed by atoms with Crippen LogP contribution >= 0.6 is 0 Å². The van der Waals surface area contributed by atoms with Gasteiger partial charge in [-0.3, -0.25) is 19.3 Å². The van der Waals surface area contributed by atoms with Crippen molar-refractivity contribution in [2.24, 2.45) is 11.8 Å². The van der Waals surface area contributed by atoms with Crippen molar-refractivity contribution in [1.29, 1.82) is 0 Å². The number of rotatable bonds is 3. The average Bonchev–Trinajstić information content (AvgIpc) is 3.16. The van der Waals surface area contributed by atoms with Gasteiger partial charge in [-0.2, -0.15) is 0 Å². The van der Waals surface area contributed by atoms with Gasteiger partial charge in [0, 0.05) is 12.1 Å². The number of quaternary nitrogens is 1. The monoisotopic (exact) mass is 356 g/mol. The molecule has 3 N–H and O–H groups in total. The smallest absolute Gasteiger partial charge is 0.291 e. The van der Waals surface area contributed by atoms with Crippen LogP contribution in [0.4, 0.5) is 5.69 Å². The number of carbonyl (C=O) groups is 3. The third-order valence-corrected chi connectivity index (χ3v) is 6.56. The van der Waals surface area contributed by atoms with Gasteiger partial charge in [0.05, 0.1) is 11.7 Å². The minimum absolute atomic E-state index is 0.110. The van der Waals surface area contributed by atoms with E-state index >= 15 is 0 Å². The minimum atomic E-state index is -1.02. The molecule has 0 aromatic heterocycles. The molecule has 3 heterocycles. The van der Waals surface area contributed by atoms with Gasteiger partial charge in [0.15, 0.2) is 0 Å². The molecule has 0 radical (unpaired) electrons. The first-order valence-corrected chi connectivity index (χ1v) is 9.48. The molecule has 2 fully saturated rings. The number of aryl methyl sites for hydroxylation is 1. The molecule has 1 aromatic carbocycles. The summed E-state index contributed by atoms with van der Waals surface area (Å²) in [6.45, 7) is 8.43. The first kappa shape index (κ1) is 17.2. The van der Waals surface area contributed by atoms with Crippen LogP contribution in [0.5, 0.6) is 0 Å². The Bertz CT molecular complexity index is 834. The number of nitrogens with two attached hydrogens (primary N) is 1. The van der Waals surface area contributed by atoms with Gasteiger partial charge in [-0.05, 0) is 44.4 Å². The van der Waals surface area contributed by atoms with Crippen LogP contribution in [-0.2, 0) is 19.9 Å². The Hall–Kier alpha value is -2.21. The zero-order valence-corrected chi connectivity index (χ0v) is 15.8. The zero-order chi connectivity index (χ0) is 18.8. The lowest BCUT2D eigenvalue weighted by Gasteiger charge is -2.26. The van der Waals surface area contributed by atoms with E-state index in [1.165, 1.54) is 4.90 Å². The van der Waals surface area contributed by atoms with Crippen LogP contribution in [0.1, 0.15) is 43.4 Å². The van der Waals surface area contributed by atoms with Crippen molar-refractivity contribution >= 4 is 23.4 Å². The number of fused-ring (bicyclic) bond motifs is 4. The lowest BCUT2D eigenvalue weighted by molar-refractivity contribution is -0.730. The Labute approximate surface area is 153 Å². The van der Waals surface area contributed by atoms with E-state index in [1.54, 1.807) is 0 Å². The summed E-state index contributed by atoms with van der Waals surface area (Å²) in [6, 6.07) is 3.84. The summed E-state index contributed by atoms with van der Waals surface area (Å²) < 4.78 is 0. The predicted octanol–water partition coefficient (Wildman–Crippen LogP) is 0.818. The molecule has 0 aliphatic carbocycles. The molecule has 0 saturated carbocycles. The van der Waals surface area contributed by atoms with Gasteiger partial charge in [-0.25, -0.2) is 0 Å². The molecule has 2 saturated heterocycles. The standard InChI is InChI=1S/C20H25N3O3/c1-5-6-9-23-17(24)14-12(4)22-20(15(14)18(23)25)13-8-7-10(2)11(3)16(13)21-19(20)26/h7-8,12,14-15,22H,5-6,9H2,1-4H3,(H,21,26)/p+1/t12-,14-,15+,20-/m1/s1. The van der Waals surface area contributed by atoms with Crippen LogP contribution in [-0.4, -0.2) is 35.2 Å². The van der Waals surface area contributed by atoms with Gasteiger partial charge in [0.2, 0.25) is 17.4 Å². The fraction of sp³-hybridized carbons (Fsp3) is 0.550. The Kier molecular flexibility index (Phi) is 3.74. The molecule has 3 aliphatic rings. The van der Waals surface area contributed by atoms with E-state index in [9.17, 15) is 14.4 Å². The van der Waals surface area contributed by atoms with Gasteiger partial charge in [0.25, 0.3) is 5.91 Å². The van der Waals surface area contributed by atoms with Crippen molar-refractivity contribution in [3.8, 4) is 0 Å². The van der Waals surface area contributed by atoms with Gasteiger partial charge in [-0.1, -0.05) is 19.4 Å². The van der Waals surface area contributed by atoms with Crippen LogP contribution in [0.25, 0.3) is 0 Å². The van der Waals surface area contributed by atoms with E-state index in [2.05, 4.69) is 5.32 Å². The molecular weight excluding hydrogens is 330 g/mol. The molecule has 138 valence electrons. The quantitative estimate of drug-likeness (QED) is 0.787. The lowest BCUT2D eigenvalue weighted by Crippen LogP contribution is -2.98. The number of imide groups is 1. The van der Waals surface area contributed by atoms with Crippen LogP contribution in [0.3, 0.4) is 0 Å². The number of benzene rings is 1. The van der Waals surface area contributed by atoms with Crippen LogP contribution in [0.15, 0.2) is 12.1 Å². The topological polar surface area (TPSA) is 83.1 Å². The number of unbranched alkanes of at least 4 members (excludes halogenated alkanes) is 1. The summed E-state index contributed by atoms with van der Waals surface area (Å²) in [6.07, 6.45) is 1.71. The molecule has 1 spiro atoms. The van der Waals surface area contributed by atoms with E-state index in [0.717, 1.165) is 35.2 Å². The van der Waals surface area contributed by atoms with E-state index < -0.39 is 17.4 Å². The molecule has 6 nitrogen and oxygen atoms in total. The number of nitrogens with one attached hydrogen (secondary N) is 1. The van der Waals surface area contributed by atoms with Gasteiger partial charge < -0.3 is 10.6 Å². The number of hydrogen-bond donors (Lipinski definition) is 2. The molecular formula is C20H26N3O3+. The second kappa shape index (κ2) is 5.64. The van der Waals surface area contributed by atoms with E-state index in [4.69, 9.17) is 0 Å². The van der Waals surface area contributed by atoms with Crippen molar-refractivity contribution < 1.29 is 19.7 Å². The fourth-order valence-electron chi connectivity index (χ4n) is 5.05. The summed E-state index contributed by atoms with van der Waals surface area (Å²) in [5.74, 6) is -1.52. The van der Waals surface area contributed by atoms with E-state index in [1.807, 2.05) is 45.1 Å². The highest BCUT2D eigenvalue weighted by molar-refractivity contribution is 6.14. The maximum Gasteiger partial charge on any atom is 0.291 e. The fourth-order valence-corrected chi connectivity index (χ4v) is 5.05. The summed E-state index contributed by atoms with van der Waals surface area (Å²) in [4.78, 5) is 40.7. The highest BCUT2D eigenvalue weighted by Crippen LogP contribution is 2.49. The summed E-state index contributed by atoms with van der Waals surface area (Å²) in [5.41, 5.74) is 2.76. The van der Waals surface area contributed by atoms with Gasteiger partial charge in [-0.15, -0.1) is 0 Å². The molecule has 3 aliphatic heterocycles. The van der Waals surface area contributed by atoms with E-state index in [-0.39, 0.29) is 23.8 Å². The van der Waals surface area contributed by atoms with Gasteiger partial charge in [0.1, 0.15) is 11.8 Å². The Balaban J connectivity index is 1.85. The first-order chi connectivity index (χ1) is 12.3. The molecule has 3 amide bonds. The number of anilines is 1. The van der Waals surface area contributed by atoms with Crippen LogP contribution in [0.2, 0.25) is 0 Å². The van der Waals surface area contributed by atoms with E-state index in [0.29, 0.717) is 6.54 Å². The molecule has 4 rings (SSSR count). The number of hydrogen-bond acceptors (Lipinski definition) is 3. The maximum atomic E-state index is 13.2. The largest absolute Gasteiger partial charge is 0.326 e. The Morgan fingerprint density at radius 2 is 1.92 bits per heavy atom. The normalized spacial score (nSPS) is 32.4. The predicted molar refractivity (Wildman–Crippen MR) is 96.2 cm³/mol. The minimum Gasteiger partial charge on any atom is -0.326 e. The molecule has 0 bridgehead atoms. The maximum absolute atomic E-state index is 13.2. The molecule has 6 heteroatoms. The SMILES string of the molecule is CCCCN1C(=O)[C@H]2[C@@H](C1=O)[C@@]1([NH2+][C@@H]2C)C(=O)Nc2c1ccc(C)c2C. The van der Waals surface area contributed by atoms with Crippen LogP contribution < -0.4 is 10.6 Å². The second-order valence-corrected chi connectivity index (χ2v) is 7.96. The van der Waals surface area contributed by atoms with Gasteiger partial charge >= 0.3 is 0 Å². The van der Waals surface area contributed by atoms with Crippen LogP contribution in [0, 0.1) is 25.7 Å². The van der Waals surface area contributed by atoms with Crippen molar-refractivity contribution in [3.63, 3.8) is 0 Å². The average molecular weight is 356 g/mol. The highest BCUT2D eigenvalue weighted by Gasteiger charge is 2.73. The third-order valence-electron chi connectivity index (χ3n) is 6.56. The molecule has 26 heavy (non-hydrogen) atoms. The van der Waals surface area contributed by atoms with Crippen molar-refractivity contribution in [2.45, 2.75) is 52.1 Å².